The summed E-state index contributed by atoms with van der Waals surface area (Å²) in [4.78, 5) is 30.8. The SMILES string of the molecule is CN(c1ccccc1)c1ccc(C(=O)Nc2ccc(NC(=O)c3ccoc3)cc2C(F)(F)F)cn1. The second kappa shape index (κ2) is 9.72. The van der Waals surface area contributed by atoms with Gasteiger partial charge in [-0.15, -0.1) is 0 Å². The number of rotatable bonds is 6. The molecular weight excluding hydrogens is 461 g/mol. The maximum atomic E-state index is 13.7. The van der Waals surface area contributed by atoms with Crippen LogP contribution in [0.2, 0.25) is 0 Å². The Bertz CT molecular complexity index is 1320. The molecule has 4 aromatic rings. The molecule has 0 atom stereocenters. The van der Waals surface area contributed by atoms with E-state index in [0.717, 1.165) is 17.8 Å². The Balaban J connectivity index is 1.51. The Hall–Kier alpha value is -4.60. The molecule has 0 spiro atoms. The summed E-state index contributed by atoms with van der Waals surface area (Å²) in [6.07, 6.45) is -1.04. The van der Waals surface area contributed by atoms with Crippen LogP contribution in [0.4, 0.5) is 36.1 Å². The average molecular weight is 480 g/mol. The van der Waals surface area contributed by atoms with Crippen molar-refractivity contribution in [1.29, 1.82) is 0 Å². The molecule has 0 bridgehead atoms. The van der Waals surface area contributed by atoms with Crippen LogP contribution in [0, 0.1) is 0 Å². The molecule has 0 radical (unpaired) electrons. The number of nitrogens with zero attached hydrogens (tertiary/aromatic N) is 2. The first-order valence-electron chi connectivity index (χ1n) is 10.3. The number of carbonyl (C=O) groups excluding carboxylic acids is 2. The molecule has 0 aliphatic heterocycles. The number of nitrogens with one attached hydrogen (secondary N) is 2. The van der Waals surface area contributed by atoms with Crippen LogP contribution in [0.3, 0.4) is 0 Å². The van der Waals surface area contributed by atoms with Crippen LogP contribution in [0.5, 0.6) is 0 Å². The lowest BCUT2D eigenvalue weighted by atomic mass is 10.1. The first-order chi connectivity index (χ1) is 16.7. The number of furan rings is 1. The van der Waals surface area contributed by atoms with Gasteiger partial charge in [0, 0.05) is 24.6 Å². The minimum atomic E-state index is -4.78. The lowest BCUT2D eigenvalue weighted by Gasteiger charge is -2.18. The summed E-state index contributed by atoms with van der Waals surface area (Å²) < 4.78 is 45.9. The van der Waals surface area contributed by atoms with E-state index in [4.69, 9.17) is 4.42 Å². The summed E-state index contributed by atoms with van der Waals surface area (Å²) in [6, 6.07) is 17.0. The molecule has 2 heterocycles. The molecule has 0 unspecified atom stereocenters. The molecule has 178 valence electrons. The highest BCUT2D eigenvalue weighted by molar-refractivity contribution is 6.06. The molecule has 0 saturated heterocycles. The number of alkyl halides is 3. The van der Waals surface area contributed by atoms with E-state index in [2.05, 4.69) is 15.6 Å². The number of aromatic nitrogens is 1. The molecule has 7 nitrogen and oxygen atoms in total. The zero-order chi connectivity index (χ0) is 25.0. The van der Waals surface area contributed by atoms with Gasteiger partial charge in [-0.05, 0) is 48.5 Å². The maximum absolute atomic E-state index is 13.7. The third kappa shape index (κ3) is 5.49. The van der Waals surface area contributed by atoms with Gasteiger partial charge in [-0.1, -0.05) is 18.2 Å². The molecule has 0 saturated carbocycles. The quantitative estimate of drug-likeness (QED) is 0.355. The van der Waals surface area contributed by atoms with Crippen LogP contribution < -0.4 is 15.5 Å². The van der Waals surface area contributed by atoms with Crippen molar-refractivity contribution < 1.29 is 27.2 Å². The van der Waals surface area contributed by atoms with Gasteiger partial charge in [0.15, 0.2) is 0 Å². The Morgan fingerprint density at radius 2 is 1.66 bits per heavy atom. The van der Waals surface area contributed by atoms with Crippen LogP contribution >= 0.6 is 0 Å². The van der Waals surface area contributed by atoms with E-state index in [0.29, 0.717) is 5.82 Å². The lowest BCUT2D eigenvalue weighted by molar-refractivity contribution is -0.136. The third-order valence-electron chi connectivity index (χ3n) is 5.11. The normalized spacial score (nSPS) is 11.1. The van der Waals surface area contributed by atoms with Crippen LogP contribution in [0.25, 0.3) is 0 Å². The Morgan fingerprint density at radius 3 is 2.29 bits per heavy atom. The second-order valence-electron chi connectivity index (χ2n) is 7.48. The molecular formula is C25H19F3N4O3. The highest BCUT2D eigenvalue weighted by Crippen LogP contribution is 2.37. The number of halogens is 3. The van der Waals surface area contributed by atoms with Gasteiger partial charge >= 0.3 is 6.18 Å². The van der Waals surface area contributed by atoms with Crippen molar-refractivity contribution in [3.63, 3.8) is 0 Å². The first-order valence-corrected chi connectivity index (χ1v) is 10.3. The molecule has 35 heavy (non-hydrogen) atoms. The number of amides is 2. The average Bonchev–Trinajstić information content (AvgIpc) is 3.40. The predicted molar refractivity (Wildman–Crippen MR) is 125 cm³/mol. The van der Waals surface area contributed by atoms with E-state index >= 15 is 0 Å². The highest BCUT2D eigenvalue weighted by Gasteiger charge is 2.34. The van der Waals surface area contributed by atoms with E-state index in [-0.39, 0.29) is 16.8 Å². The smallest absolute Gasteiger partial charge is 0.418 e. The van der Waals surface area contributed by atoms with Gasteiger partial charge in [0.05, 0.1) is 28.6 Å². The molecule has 0 aliphatic rings. The summed E-state index contributed by atoms with van der Waals surface area (Å²) >= 11 is 0. The zero-order valence-electron chi connectivity index (χ0n) is 18.3. The summed E-state index contributed by atoms with van der Waals surface area (Å²) in [6.45, 7) is 0. The lowest BCUT2D eigenvalue weighted by Crippen LogP contribution is -2.18. The number of hydrogen-bond donors (Lipinski definition) is 2. The fraction of sp³-hybridized carbons (Fsp3) is 0.0800. The van der Waals surface area contributed by atoms with E-state index in [1.54, 1.807) is 18.0 Å². The predicted octanol–water partition coefficient (Wildman–Crippen LogP) is 5.97. The third-order valence-corrected chi connectivity index (χ3v) is 5.11. The summed E-state index contributed by atoms with van der Waals surface area (Å²) in [5, 5.41) is 4.65. The number of anilines is 4. The minimum Gasteiger partial charge on any atom is -0.472 e. The van der Waals surface area contributed by atoms with Crippen LogP contribution in [-0.2, 0) is 6.18 Å². The molecule has 4 rings (SSSR count). The van der Waals surface area contributed by atoms with Gasteiger partial charge in [0.2, 0.25) is 0 Å². The van der Waals surface area contributed by atoms with Gasteiger partial charge in [0.25, 0.3) is 11.8 Å². The van der Waals surface area contributed by atoms with Crippen LogP contribution in [-0.4, -0.2) is 23.8 Å². The maximum Gasteiger partial charge on any atom is 0.418 e. The van der Waals surface area contributed by atoms with Gasteiger partial charge in [-0.3, -0.25) is 9.59 Å². The van der Waals surface area contributed by atoms with Crippen molar-refractivity contribution in [3.05, 3.63) is 102 Å². The Labute approximate surface area is 198 Å². The Morgan fingerprint density at radius 1 is 0.914 bits per heavy atom. The van der Waals surface area contributed by atoms with Gasteiger partial charge in [-0.2, -0.15) is 13.2 Å². The summed E-state index contributed by atoms with van der Waals surface area (Å²) in [7, 11) is 1.81. The number of carbonyl (C=O) groups is 2. The zero-order valence-corrected chi connectivity index (χ0v) is 18.3. The second-order valence-corrected chi connectivity index (χ2v) is 7.48. The molecule has 0 fully saturated rings. The van der Waals surface area contributed by atoms with Crippen LogP contribution in [0.1, 0.15) is 26.3 Å². The van der Waals surface area contributed by atoms with E-state index in [9.17, 15) is 22.8 Å². The number of benzene rings is 2. The summed E-state index contributed by atoms with van der Waals surface area (Å²) in [5.74, 6) is -0.830. The van der Waals surface area contributed by atoms with Crippen molar-refractivity contribution in [2.24, 2.45) is 0 Å². The largest absolute Gasteiger partial charge is 0.472 e. The number of pyridine rings is 1. The fourth-order valence-electron chi connectivity index (χ4n) is 3.26. The monoisotopic (exact) mass is 480 g/mol. The van der Waals surface area contributed by atoms with Crippen LogP contribution in [0.15, 0.2) is 89.9 Å². The molecule has 0 aliphatic carbocycles. The molecule has 2 amide bonds. The standard InChI is InChI=1S/C25H19F3N4O3/c1-32(19-5-3-2-4-6-19)22-10-7-16(14-29-22)23(33)31-21-9-8-18(13-20(21)25(26,27)28)30-24(34)17-11-12-35-15-17/h2-15H,1H3,(H,30,34)(H,31,33). The molecule has 2 aromatic heterocycles. The van der Waals surface area contributed by atoms with E-state index < -0.39 is 29.2 Å². The molecule has 2 N–H and O–H groups in total. The highest BCUT2D eigenvalue weighted by atomic mass is 19.4. The van der Waals surface area contributed by atoms with Crippen molar-refractivity contribution in [2.75, 3.05) is 22.6 Å². The van der Waals surface area contributed by atoms with Gasteiger partial charge < -0.3 is 20.0 Å². The van der Waals surface area contributed by atoms with E-state index in [1.165, 1.54) is 36.9 Å². The van der Waals surface area contributed by atoms with Crippen molar-refractivity contribution in [2.45, 2.75) is 6.18 Å². The summed E-state index contributed by atoms with van der Waals surface area (Å²) in [5.41, 5.74) is -0.521. The van der Waals surface area contributed by atoms with Crippen molar-refractivity contribution in [1.82, 2.24) is 4.98 Å². The van der Waals surface area contributed by atoms with E-state index in [1.807, 2.05) is 30.3 Å². The number of hydrogen-bond acceptors (Lipinski definition) is 5. The first kappa shape index (κ1) is 23.6. The topological polar surface area (TPSA) is 87.5 Å². The van der Waals surface area contributed by atoms with Gasteiger partial charge in [0.1, 0.15) is 12.1 Å². The molecule has 10 heteroatoms. The van der Waals surface area contributed by atoms with Gasteiger partial charge in [-0.25, -0.2) is 4.98 Å². The minimum absolute atomic E-state index is 0.0840. The van der Waals surface area contributed by atoms with Crippen molar-refractivity contribution >= 4 is 34.7 Å². The van der Waals surface area contributed by atoms with Crippen molar-refractivity contribution in [3.8, 4) is 0 Å². The molecule has 2 aromatic carbocycles. The Kier molecular flexibility index (Phi) is 6.54. The number of para-hydroxylation sites is 1. The fourth-order valence-corrected chi connectivity index (χ4v) is 3.26.